The first-order chi connectivity index (χ1) is 9.19. The number of aromatic nitrogens is 4. The molecule has 3 N–H and O–H groups in total. The van der Waals surface area contributed by atoms with Gasteiger partial charge in [-0.1, -0.05) is 0 Å². The Morgan fingerprint density at radius 3 is 2.95 bits per heavy atom. The molecule has 0 aliphatic heterocycles. The van der Waals surface area contributed by atoms with E-state index in [0.717, 1.165) is 18.8 Å². The van der Waals surface area contributed by atoms with Gasteiger partial charge < -0.3 is 20.4 Å². The second-order valence-electron chi connectivity index (χ2n) is 4.16. The Labute approximate surface area is 111 Å². The van der Waals surface area contributed by atoms with Crippen LogP contribution in [-0.4, -0.2) is 33.2 Å². The van der Waals surface area contributed by atoms with Crippen molar-refractivity contribution in [3.63, 3.8) is 0 Å². The zero-order valence-electron chi connectivity index (χ0n) is 11.1. The van der Waals surface area contributed by atoms with Crippen molar-refractivity contribution < 1.29 is 4.74 Å². The van der Waals surface area contributed by atoms with Crippen LogP contribution in [0, 0.1) is 0 Å². The number of nitrogens with two attached hydrogens (primary N) is 1. The normalized spacial score (nSPS) is 10.6. The number of nitrogens with zero attached hydrogens (tertiary/aromatic N) is 4. The molecule has 2 aromatic heterocycles. The zero-order valence-corrected chi connectivity index (χ0v) is 11.1. The summed E-state index contributed by atoms with van der Waals surface area (Å²) in [5.74, 6) is 2.73. The van der Waals surface area contributed by atoms with Gasteiger partial charge in [0.15, 0.2) is 5.82 Å². The van der Waals surface area contributed by atoms with E-state index >= 15 is 0 Å². The minimum Gasteiger partial charge on any atom is -0.384 e. The van der Waals surface area contributed by atoms with Crippen LogP contribution >= 0.6 is 0 Å². The van der Waals surface area contributed by atoms with E-state index in [0.29, 0.717) is 24.1 Å². The summed E-state index contributed by atoms with van der Waals surface area (Å²) < 4.78 is 6.99. The van der Waals surface area contributed by atoms with E-state index in [1.807, 2.05) is 17.8 Å². The molecule has 7 nitrogen and oxygen atoms in total. The first kappa shape index (κ1) is 13.3. The molecule has 0 fully saturated rings. The van der Waals surface area contributed by atoms with Crippen molar-refractivity contribution >= 4 is 11.6 Å². The maximum absolute atomic E-state index is 5.72. The van der Waals surface area contributed by atoms with Crippen LogP contribution in [0.25, 0.3) is 0 Å². The Kier molecular flexibility index (Phi) is 4.30. The highest BCUT2D eigenvalue weighted by Gasteiger charge is 2.03. The fourth-order valence-electron chi connectivity index (χ4n) is 1.74. The van der Waals surface area contributed by atoms with Gasteiger partial charge in [-0.2, -0.15) is 0 Å². The lowest BCUT2D eigenvalue weighted by Crippen LogP contribution is -2.11. The largest absolute Gasteiger partial charge is 0.384 e. The summed E-state index contributed by atoms with van der Waals surface area (Å²) in [6, 6.07) is 1.71. The van der Waals surface area contributed by atoms with E-state index in [1.165, 1.54) is 0 Å². The number of nitrogen functional groups attached to an aromatic ring is 1. The third kappa shape index (κ3) is 3.65. The first-order valence-corrected chi connectivity index (χ1v) is 6.01. The highest BCUT2D eigenvalue weighted by molar-refractivity contribution is 5.44. The first-order valence-electron chi connectivity index (χ1n) is 6.01. The predicted molar refractivity (Wildman–Crippen MR) is 72.6 cm³/mol. The highest BCUT2D eigenvalue weighted by atomic mass is 16.5. The average molecular weight is 262 g/mol. The Morgan fingerprint density at radius 1 is 1.42 bits per heavy atom. The van der Waals surface area contributed by atoms with Crippen LogP contribution in [0.3, 0.4) is 0 Å². The summed E-state index contributed by atoms with van der Waals surface area (Å²) in [7, 11) is 3.57. The van der Waals surface area contributed by atoms with E-state index in [-0.39, 0.29) is 0 Å². The number of hydrogen-bond acceptors (Lipinski definition) is 6. The molecule has 0 radical (unpaired) electrons. The molecule has 0 atom stereocenters. The van der Waals surface area contributed by atoms with Gasteiger partial charge in [0.1, 0.15) is 24.1 Å². The second-order valence-corrected chi connectivity index (χ2v) is 4.16. The van der Waals surface area contributed by atoms with E-state index in [1.54, 1.807) is 19.4 Å². The van der Waals surface area contributed by atoms with E-state index < -0.39 is 0 Å². The summed E-state index contributed by atoms with van der Waals surface area (Å²) in [6.45, 7) is 1.08. The van der Waals surface area contributed by atoms with E-state index in [9.17, 15) is 0 Å². The average Bonchev–Trinajstić information content (AvgIpc) is 2.75. The van der Waals surface area contributed by atoms with Crippen LogP contribution in [0.2, 0.25) is 0 Å². The number of nitrogens with one attached hydrogen (secondary N) is 1. The summed E-state index contributed by atoms with van der Waals surface area (Å²) >= 11 is 0. The molecule has 2 rings (SSSR count). The lowest BCUT2D eigenvalue weighted by Gasteiger charge is -2.08. The Morgan fingerprint density at radius 2 is 2.26 bits per heavy atom. The van der Waals surface area contributed by atoms with E-state index in [4.69, 9.17) is 10.5 Å². The molecule has 102 valence electrons. The van der Waals surface area contributed by atoms with Crippen LogP contribution < -0.4 is 11.1 Å². The van der Waals surface area contributed by atoms with Gasteiger partial charge in [-0.05, 0) is 0 Å². The molecule has 0 aliphatic carbocycles. The monoisotopic (exact) mass is 262 g/mol. The minimum atomic E-state index is 0.346. The summed E-state index contributed by atoms with van der Waals surface area (Å²) in [5.41, 5.74) is 5.72. The lowest BCUT2D eigenvalue weighted by molar-refractivity contribution is 0.178. The third-order valence-electron chi connectivity index (χ3n) is 2.64. The maximum Gasteiger partial charge on any atom is 0.158 e. The van der Waals surface area contributed by atoms with Gasteiger partial charge in [-0.15, -0.1) is 0 Å². The number of ether oxygens (including phenoxy) is 1. The van der Waals surface area contributed by atoms with Crippen LogP contribution in [0.5, 0.6) is 0 Å². The van der Waals surface area contributed by atoms with Crippen molar-refractivity contribution in [2.45, 2.75) is 13.0 Å². The Bertz CT molecular complexity index is 539. The minimum absolute atomic E-state index is 0.346. The smallest absolute Gasteiger partial charge is 0.158 e. The fourth-order valence-corrected chi connectivity index (χ4v) is 1.74. The Hall–Kier alpha value is -2.15. The Balaban J connectivity index is 1.94. The van der Waals surface area contributed by atoms with Gasteiger partial charge in [0.05, 0.1) is 0 Å². The van der Waals surface area contributed by atoms with Crippen LogP contribution in [0.1, 0.15) is 11.6 Å². The van der Waals surface area contributed by atoms with Gasteiger partial charge >= 0.3 is 0 Å². The molecule has 0 saturated heterocycles. The fraction of sp³-hybridized carbons (Fsp3) is 0.417. The molecular formula is C12H18N6O. The standard InChI is InChI=1S/C12H18N6O/c1-18-6-5-15-12(18)3-4-14-10-7-9(13)16-11(17-10)8-19-2/h5-7H,3-4,8H2,1-2H3,(H3,13,14,16,17). The van der Waals surface area contributed by atoms with Crippen molar-refractivity contribution in [1.82, 2.24) is 19.5 Å². The topological polar surface area (TPSA) is 90.9 Å². The molecule has 0 bridgehead atoms. The molecule has 0 amide bonds. The van der Waals surface area contributed by atoms with Crippen molar-refractivity contribution in [2.75, 3.05) is 24.7 Å². The van der Waals surface area contributed by atoms with Crippen LogP contribution in [-0.2, 0) is 24.8 Å². The molecule has 19 heavy (non-hydrogen) atoms. The molecule has 0 unspecified atom stereocenters. The molecule has 0 aliphatic rings. The van der Waals surface area contributed by atoms with Crippen LogP contribution in [0.4, 0.5) is 11.6 Å². The molecule has 0 spiro atoms. The number of rotatable bonds is 6. The number of hydrogen-bond donors (Lipinski definition) is 2. The molecule has 0 aromatic carbocycles. The van der Waals surface area contributed by atoms with Crippen molar-refractivity contribution in [3.05, 3.63) is 30.1 Å². The van der Waals surface area contributed by atoms with Crippen molar-refractivity contribution in [2.24, 2.45) is 7.05 Å². The summed E-state index contributed by atoms with van der Waals surface area (Å²) in [5, 5.41) is 3.21. The summed E-state index contributed by atoms with van der Waals surface area (Å²) in [6.07, 6.45) is 4.52. The molecule has 0 saturated carbocycles. The molecular weight excluding hydrogens is 244 g/mol. The lowest BCUT2D eigenvalue weighted by atomic mass is 10.4. The van der Waals surface area contributed by atoms with Gasteiger partial charge in [-0.3, -0.25) is 0 Å². The van der Waals surface area contributed by atoms with Gasteiger partial charge in [-0.25, -0.2) is 15.0 Å². The summed E-state index contributed by atoms with van der Waals surface area (Å²) in [4.78, 5) is 12.6. The SMILES string of the molecule is COCc1nc(N)cc(NCCc2nccn2C)n1. The van der Waals surface area contributed by atoms with Crippen molar-refractivity contribution in [3.8, 4) is 0 Å². The van der Waals surface area contributed by atoms with Crippen molar-refractivity contribution in [1.29, 1.82) is 0 Å². The molecule has 2 heterocycles. The third-order valence-corrected chi connectivity index (χ3v) is 2.64. The zero-order chi connectivity index (χ0) is 13.7. The quantitative estimate of drug-likeness (QED) is 0.792. The predicted octanol–water partition coefficient (Wildman–Crippen LogP) is 0.593. The number of aryl methyl sites for hydroxylation is 1. The van der Waals surface area contributed by atoms with Crippen LogP contribution in [0.15, 0.2) is 18.5 Å². The molecule has 7 heteroatoms. The molecule has 2 aromatic rings. The van der Waals surface area contributed by atoms with E-state index in [2.05, 4.69) is 20.3 Å². The van der Waals surface area contributed by atoms with Gasteiger partial charge in [0.2, 0.25) is 0 Å². The number of anilines is 2. The number of methoxy groups -OCH3 is 1. The van der Waals surface area contributed by atoms with Gasteiger partial charge in [0, 0.05) is 45.6 Å². The highest BCUT2D eigenvalue weighted by Crippen LogP contribution is 2.09. The maximum atomic E-state index is 5.72. The second kappa shape index (κ2) is 6.14. The van der Waals surface area contributed by atoms with Gasteiger partial charge in [0.25, 0.3) is 0 Å². The number of imidazole rings is 1.